The molecule has 0 bridgehead atoms. The third-order valence-corrected chi connectivity index (χ3v) is 2.74. The zero-order valence-corrected chi connectivity index (χ0v) is 9.98. The van der Waals surface area contributed by atoms with E-state index in [9.17, 15) is 4.39 Å². The van der Waals surface area contributed by atoms with Crippen LogP contribution in [0.15, 0.2) is 42.5 Å². The molecule has 3 heteroatoms. The average Bonchev–Trinajstić information content (AvgIpc) is 2.40. The van der Waals surface area contributed by atoms with E-state index in [4.69, 9.17) is 10.00 Å². The second kappa shape index (κ2) is 5.33. The SMILES string of the molecule is COc1cc(-c2ccccc2F)ccc1CC#N. The van der Waals surface area contributed by atoms with Gasteiger partial charge < -0.3 is 4.74 Å². The van der Waals surface area contributed by atoms with E-state index in [1.54, 1.807) is 43.5 Å². The molecular formula is C15H12FNO. The minimum Gasteiger partial charge on any atom is -0.496 e. The Balaban J connectivity index is 2.48. The molecule has 2 nitrogen and oxygen atoms in total. The van der Waals surface area contributed by atoms with Crippen LogP contribution in [0.3, 0.4) is 0 Å². The van der Waals surface area contributed by atoms with Crippen LogP contribution >= 0.6 is 0 Å². The molecule has 0 amide bonds. The highest BCUT2D eigenvalue weighted by molar-refractivity contribution is 5.66. The minimum absolute atomic E-state index is 0.271. The van der Waals surface area contributed by atoms with E-state index in [1.165, 1.54) is 6.07 Å². The summed E-state index contributed by atoms with van der Waals surface area (Å²) in [4.78, 5) is 0. The summed E-state index contributed by atoms with van der Waals surface area (Å²) in [5, 5.41) is 8.70. The van der Waals surface area contributed by atoms with Gasteiger partial charge in [0.2, 0.25) is 0 Å². The van der Waals surface area contributed by atoms with Crippen LogP contribution in [0.25, 0.3) is 11.1 Å². The number of halogens is 1. The predicted octanol–water partition coefficient (Wildman–Crippen LogP) is 3.57. The Bertz CT molecular complexity index is 602. The van der Waals surface area contributed by atoms with E-state index in [1.807, 2.05) is 0 Å². The van der Waals surface area contributed by atoms with E-state index in [-0.39, 0.29) is 12.2 Å². The van der Waals surface area contributed by atoms with Crippen molar-refractivity contribution >= 4 is 0 Å². The number of hydrogen-bond donors (Lipinski definition) is 0. The van der Waals surface area contributed by atoms with Crippen LogP contribution in [0.1, 0.15) is 5.56 Å². The molecule has 18 heavy (non-hydrogen) atoms. The van der Waals surface area contributed by atoms with Crippen molar-refractivity contribution in [3.63, 3.8) is 0 Å². The lowest BCUT2D eigenvalue weighted by Gasteiger charge is -2.09. The highest BCUT2D eigenvalue weighted by Crippen LogP contribution is 2.29. The van der Waals surface area contributed by atoms with Gasteiger partial charge in [0.25, 0.3) is 0 Å². The maximum absolute atomic E-state index is 13.7. The fourth-order valence-electron chi connectivity index (χ4n) is 1.84. The van der Waals surface area contributed by atoms with Gasteiger partial charge in [-0.1, -0.05) is 30.3 Å². The quantitative estimate of drug-likeness (QED) is 0.823. The Morgan fingerprint density at radius 1 is 1.22 bits per heavy atom. The summed E-state index contributed by atoms with van der Waals surface area (Å²) in [7, 11) is 1.54. The van der Waals surface area contributed by atoms with E-state index in [0.29, 0.717) is 11.3 Å². The summed E-state index contributed by atoms with van der Waals surface area (Å²) in [6.07, 6.45) is 0.278. The van der Waals surface area contributed by atoms with Crippen molar-refractivity contribution in [1.82, 2.24) is 0 Å². The standard InChI is InChI=1S/C15H12FNO/c1-18-15-10-12(7-6-11(15)8-9-17)13-4-2-3-5-14(13)16/h2-7,10H,8H2,1H3. The fraction of sp³-hybridized carbons (Fsp3) is 0.133. The van der Waals surface area contributed by atoms with Crippen molar-refractivity contribution in [3.05, 3.63) is 53.8 Å². The van der Waals surface area contributed by atoms with Crippen LogP contribution in [-0.2, 0) is 6.42 Å². The van der Waals surface area contributed by atoms with Gasteiger partial charge in [0, 0.05) is 11.1 Å². The Hall–Kier alpha value is -2.34. The molecule has 2 aromatic carbocycles. The van der Waals surface area contributed by atoms with Gasteiger partial charge in [0.05, 0.1) is 19.6 Å². The van der Waals surface area contributed by atoms with Gasteiger partial charge in [-0.15, -0.1) is 0 Å². The van der Waals surface area contributed by atoms with Crippen LogP contribution in [0.2, 0.25) is 0 Å². The zero-order valence-electron chi connectivity index (χ0n) is 9.98. The van der Waals surface area contributed by atoms with Crippen molar-refractivity contribution in [2.45, 2.75) is 6.42 Å². The first-order valence-electron chi connectivity index (χ1n) is 5.55. The van der Waals surface area contributed by atoms with Gasteiger partial charge in [-0.25, -0.2) is 4.39 Å². The molecule has 2 rings (SSSR count). The molecule has 0 aromatic heterocycles. The van der Waals surface area contributed by atoms with Gasteiger partial charge in [0.1, 0.15) is 11.6 Å². The lowest BCUT2D eigenvalue weighted by Crippen LogP contribution is -1.92. The third kappa shape index (κ3) is 2.33. The number of benzene rings is 2. The summed E-state index contributed by atoms with van der Waals surface area (Å²) >= 11 is 0. The van der Waals surface area contributed by atoms with E-state index in [2.05, 4.69) is 6.07 Å². The van der Waals surface area contributed by atoms with Crippen LogP contribution in [0.5, 0.6) is 5.75 Å². The smallest absolute Gasteiger partial charge is 0.131 e. The second-order valence-electron chi connectivity index (χ2n) is 3.84. The number of nitriles is 1. The first kappa shape index (κ1) is 12.1. The van der Waals surface area contributed by atoms with Gasteiger partial charge in [0.15, 0.2) is 0 Å². The topological polar surface area (TPSA) is 33.0 Å². The first-order chi connectivity index (χ1) is 8.76. The maximum Gasteiger partial charge on any atom is 0.131 e. The van der Waals surface area contributed by atoms with E-state index < -0.39 is 0 Å². The van der Waals surface area contributed by atoms with Gasteiger partial charge in [-0.05, 0) is 17.7 Å². The fourth-order valence-corrected chi connectivity index (χ4v) is 1.84. The normalized spacial score (nSPS) is 9.83. The van der Waals surface area contributed by atoms with Crippen molar-refractivity contribution in [3.8, 4) is 22.9 Å². The Morgan fingerprint density at radius 3 is 2.67 bits per heavy atom. The molecule has 0 atom stereocenters. The Kier molecular flexibility index (Phi) is 3.59. The van der Waals surface area contributed by atoms with E-state index in [0.717, 1.165) is 11.1 Å². The summed E-state index contributed by atoms with van der Waals surface area (Å²) in [5.41, 5.74) is 2.08. The molecule has 0 aliphatic carbocycles. The predicted molar refractivity (Wildman–Crippen MR) is 67.7 cm³/mol. The molecule has 0 radical (unpaired) electrons. The van der Waals surface area contributed by atoms with Gasteiger partial charge >= 0.3 is 0 Å². The molecule has 0 spiro atoms. The number of nitrogens with zero attached hydrogens (tertiary/aromatic N) is 1. The monoisotopic (exact) mass is 241 g/mol. The molecule has 2 aromatic rings. The molecule has 0 N–H and O–H groups in total. The zero-order chi connectivity index (χ0) is 13.0. The number of methoxy groups -OCH3 is 1. The summed E-state index contributed by atoms with van der Waals surface area (Å²) in [6.45, 7) is 0. The first-order valence-corrected chi connectivity index (χ1v) is 5.55. The average molecular weight is 241 g/mol. The third-order valence-electron chi connectivity index (χ3n) is 2.74. The largest absolute Gasteiger partial charge is 0.496 e. The highest BCUT2D eigenvalue weighted by atomic mass is 19.1. The summed E-state index contributed by atoms with van der Waals surface area (Å²) < 4.78 is 18.9. The van der Waals surface area contributed by atoms with Crippen LogP contribution in [0.4, 0.5) is 4.39 Å². The lowest BCUT2D eigenvalue weighted by atomic mass is 10.0. The molecule has 0 aliphatic heterocycles. The highest BCUT2D eigenvalue weighted by Gasteiger charge is 2.08. The van der Waals surface area contributed by atoms with E-state index >= 15 is 0 Å². The number of hydrogen-bond acceptors (Lipinski definition) is 2. The lowest BCUT2D eigenvalue weighted by molar-refractivity contribution is 0.411. The minimum atomic E-state index is -0.271. The summed E-state index contributed by atoms with van der Waals surface area (Å²) in [5.74, 6) is 0.338. The molecule has 0 fully saturated rings. The molecule has 0 saturated carbocycles. The number of ether oxygens (including phenoxy) is 1. The molecular weight excluding hydrogens is 229 g/mol. The Morgan fingerprint density at radius 2 is 2.00 bits per heavy atom. The van der Waals surface area contributed by atoms with Crippen molar-refractivity contribution in [1.29, 1.82) is 5.26 Å². The molecule has 90 valence electrons. The molecule has 0 heterocycles. The van der Waals surface area contributed by atoms with Crippen molar-refractivity contribution < 1.29 is 9.13 Å². The van der Waals surface area contributed by atoms with Gasteiger partial charge in [-0.3, -0.25) is 0 Å². The summed E-state index contributed by atoms with van der Waals surface area (Å²) in [6, 6.07) is 14.0. The van der Waals surface area contributed by atoms with Crippen LogP contribution in [-0.4, -0.2) is 7.11 Å². The molecule has 0 unspecified atom stereocenters. The van der Waals surface area contributed by atoms with Crippen molar-refractivity contribution in [2.24, 2.45) is 0 Å². The van der Waals surface area contributed by atoms with Crippen LogP contribution in [0, 0.1) is 17.1 Å². The maximum atomic E-state index is 13.7. The molecule has 0 aliphatic rings. The molecule has 0 saturated heterocycles. The van der Waals surface area contributed by atoms with Crippen molar-refractivity contribution in [2.75, 3.05) is 7.11 Å². The number of rotatable bonds is 3. The van der Waals surface area contributed by atoms with Gasteiger partial charge in [-0.2, -0.15) is 5.26 Å². The second-order valence-corrected chi connectivity index (χ2v) is 3.84. The van der Waals surface area contributed by atoms with Crippen LogP contribution < -0.4 is 4.74 Å². The Labute approximate surface area is 105 Å².